The van der Waals surface area contributed by atoms with Crippen LogP contribution in [-0.4, -0.2) is 61.0 Å². The number of rotatable bonds is 8. The van der Waals surface area contributed by atoms with Gasteiger partial charge in [0.25, 0.3) is 5.91 Å². The maximum Gasteiger partial charge on any atom is 0.416 e. The van der Waals surface area contributed by atoms with Crippen molar-refractivity contribution in [2.45, 2.75) is 56.8 Å². The molecule has 2 N–H and O–H groups in total. The zero-order chi connectivity index (χ0) is 27.3. The highest BCUT2D eigenvalue weighted by Gasteiger charge is 2.35. The van der Waals surface area contributed by atoms with Gasteiger partial charge >= 0.3 is 12.1 Å². The number of carbonyl (C=O) groups excluding carboxylic acids is 3. The van der Waals surface area contributed by atoms with Crippen LogP contribution in [0.2, 0.25) is 0 Å². The molecule has 4 rings (SSSR count). The van der Waals surface area contributed by atoms with Crippen LogP contribution in [0.5, 0.6) is 0 Å². The molecule has 1 saturated carbocycles. The number of likely N-dealkylation sites (tertiary alicyclic amines) is 1. The summed E-state index contributed by atoms with van der Waals surface area (Å²) >= 11 is 0. The molecule has 1 heterocycles. The molecule has 10 heteroatoms. The Morgan fingerprint density at radius 1 is 0.974 bits per heavy atom. The van der Waals surface area contributed by atoms with E-state index in [4.69, 9.17) is 4.74 Å². The lowest BCUT2D eigenvalue weighted by Crippen LogP contribution is -2.63. The number of nitrogens with one attached hydrogen (secondary N) is 2. The van der Waals surface area contributed by atoms with Gasteiger partial charge in [-0.25, -0.2) is 4.79 Å². The van der Waals surface area contributed by atoms with E-state index in [2.05, 4.69) is 21.6 Å². The van der Waals surface area contributed by atoms with Gasteiger partial charge in [-0.15, -0.1) is 0 Å². The number of hydrogen-bond acceptors (Lipinski definition) is 5. The minimum Gasteiger partial charge on any atom is -0.462 e. The van der Waals surface area contributed by atoms with E-state index in [-0.39, 0.29) is 30.0 Å². The van der Waals surface area contributed by atoms with Crippen LogP contribution in [-0.2, 0) is 15.7 Å². The molecule has 2 amide bonds. The first-order chi connectivity index (χ1) is 18.1. The summed E-state index contributed by atoms with van der Waals surface area (Å²) in [5.41, 5.74) is 0.683. The van der Waals surface area contributed by atoms with E-state index in [0.29, 0.717) is 24.1 Å². The fourth-order valence-electron chi connectivity index (χ4n) is 5.19. The molecule has 204 valence electrons. The second kappa shape index (κ2) is 12.0. The lowest BCUT2D eigenvalue weighted by Gasteiger charge is -2.46. The molecule has 0 unspecified atom stereocenters. The molecule has 2 aliphatic rings. The number of amides is 2. The normalized spacial score (nSPS) is 20.3. The monoisotopic (exact) mass is 531 g/mol. The molecule has 2 aromatic rings. The van der Waals surface area contributed by atoms with Gasteiger partial charge in [-0.2, -0.15) is 13.2 Å². The number of hydrogen-bond donors (Lipinski definition) is 2. The largest absolute Gasteiger partial charge is 0.462 e. The van der Waals surface area contributed by atoms with Crippen molar-refractivity contribution >= 4 is 17.8 Å². The van der Waals surface area contributed by atoms with E-state index >= 15 is 0 Å². The van der Waals surface area contributed by atoms with Crippen LogP contribution in [0.4, 0.5) is 13.2 Å². The Bertz CT molecular complexity index is 1160. The molecule has 0 bridgehead atoms. The van der Waals surface area contributed by atoms with Crippen LogP contribution >= 0.6 is 0 Å². The highest BCUT2D eigenvalue weighted by Crippen LogP contribution is 2.36. The molecule has 38 heavy (non-hydrogen) atoms. The topological polar surface area (TPSA) is 87.7 Å². The van der Waals surface area contributed by atoms with Gasteiger partial charge in [0, 0.05) is 24.7 Å². The predicted molar refractivity (Wildman–Crippen MR) is 135 cm³/mol. The highest BCUT2D eigenvalue weighted by molar-refractivity contribution is 5.96. The number of halogens is 3. The quantitative estimate of drug-likeness (QED) is 0.500. The molecule has 1 aliphatic heterocycles. The van der Waals surface area contributed by atoms with Gasteiger partial charge < -0.3 is 15.4 Å². The lowest BCUT2D eigenvalue weighted by molar-refractivity contribution is -0.137. The second-order valence-corrected chi connectivity index (χ2v) is 9.83. The van der Waals surface area contributed by atoms with E-state index < -0.39 is 17.6 Å². The van der Waals surface area contributed by atoms with Crippen molar-refractivity contribution in [2.24, 2.45) is 0 Å². The van der Waals surface area contributed by atoms with E-state index in [9.17, 15) is 27.6 Å². The third-order valence-corrected chi connectivity index (χ3v) is 7.22. The van der Waals surface area contributed by atoms with Gasteiger partial charge in [0.1, 0.15) is 0 Å². The summed E-state index contributed by atoms with van der Waals surface area (Å²) in [4.78, 5) is 38.8. The molecule has 2 aromatic carbocycles. The van der Waals surface area contributed by atoms with Gasteiger partial charge in [-0.1, -0.05) is 18.2 Å². The van der Waals surface area contributed by atoms with Crippen molar-refractivity contribution < 1.29 is 32.3 Å². The van der Waals surface area contributed by atoms with Crippen LogP contribution in [0.3, 0.4) is 0 Å². The van der Waals surface area contributed by atoms with Crippen LogP contribution in [0, 0.1) is 0 Å². The summed E-state index contributed by atoms with van der Waals surface area (Å²) in [5, 5.41) is 5.25. The number of esters is 1. The minimum atomic E-state index is -4.54. The molecule has 0 atom stereocenters. The smallest absolute Gasteiger partial charge is 0.416 e. The number of benzene rings is 2. The molecule has 1 aliphatic carbocycles. The van der Waals surface area contributed by atoms with Crippen LogP contribution < -0.4 is 10.6 Å². The van der Waals surface area contributed by atoms with Crippen molar-refractivity contribution in [3.05, 3.63) is 70.8 Å². The molecule has 0 spiro atoms. The van der Waals surface area contributed by atoms with Crippen molar-refractivity contribution in [2.75, 3.05) is 26.2 Å². The van der Waals surface area contributed by atoms with Crippen molar-refractivity contribution in [3.63, 3.8) is 0 Å². The third kappa shape index (κ3) is 6.92. The Balaban J connectivity index is 1.17. The Kier molecular flexibility index (Phi) is 8.71. The summed E-state index contributed by atoms with van der Waals surface area (Å²) in [6.45, 7) is 3.28. The average Bonchev–Trinajstić information content (AvgIpc) is 2.89. The van der Waals surface area contributed by atoms with E-state index in [0.717, 1.165) is 62.5 Å². The maximum atomic E-state index is 12.8. The number of alkyl halides is 3. The van der Waals surface area contributed by atoms with Gasteiger partial charge in [0.05, 0.1) is 30.3 Å². The van der Waals surface area contributed by atoms with Gasteiger partial charge in [-0.05, 0) is 74.4 Å². The first kappa shape index (κ1) is 27.6. The molecule has 7 nitrogen and oxygen atoms in total. The van der Waals surface area contributed by atoms with E-state index in [1.165, 1.54) is 6.07 Å². The van der Waals surface area contributed by atoms with Crippen molar-refractivity contribution in [1.29, 1.82) is 0 Å². The number of carbonyl (C=O) groups is 3. The van der Waals surface area contributed by atoms with Crippen LogP contribution in [0.15, 0.2) is 48.5 Å². The Morgan fingerprint density at radius 2 is 1.66 bits per heavy atom. The third-order valence-electron chi connectivity index (χ3n) is 7.22. The van der Waals surface area contributed by atoms with Crippen LogP contribution in [0.1, 0.15) is 70.4 Å². The summed E-state index contributed by atoms with van der Waals surface area (Å²) < 4.78 is 43.6. The van der Waals surface area contributed by atoms with Gasteiger partial charge in [0.2, 0.25) is 5.91 Å². The van der Waals surface area contributed by atoms with Gasteiger partial charge in [-0.3, -0.25) is 14.5 Å². The molecule has 2 fully saturated rings. The number of ether oxygens (including phenoxy) is 1. The zero-order valence-corrected chi connectivity index (χ0v) is 21.2. The maximum absolute atomic E-state index is 12.8. The number of nitrogens with zero attached hydrogens (tertiary/aromatic N) is 1. The molecule has 1 saturated heterocycles. The first-order valence-electron chi connectivity index (χ1n) is 12.9. The SMILES string of the molecule is CCOC(=O)c1cccc(C2CCC(N3CC(NC(=O)CNC(=O)c4cccc(C(F)(F)F)c4)C3)CC2)c1. The Labute approximate surface area is 219 Å². The van der Waals surface area contributed by atoms with Gasteiger partial charge in [0.15, 0.2) is 0 Å². The highest BCUT2D eigenvalue weighted by atomic mass is 19.4. The fraction of sp³-hybridized carbons (Fsp3) is 0.464. The Morgan fingerprint density at radius 3 is 2.34 bits per heavy atom. The van der Waals surface area contributed by atoms with Crippen molar-refractivity contribution in [1.82, 2.24) is 15.5 Å². The summed E-state index contributed by atoms with van der Waals surface area (Å²) in [7, 11) is 0. The standard InChI is InChI=1S/C28H32F3N3O4/c1-2-38-27(37)21-7-3-5-19(13-21)18-9-11-24(12-10-18)34-16-23(17-34)33-25(35)15-32-26(36)20-6-4-8-22(14-20)28(29,30)31/h3-8,13-14,18,23-24H,2,9-12,15-17H2,1H3,(H,32,36)(H,33,35). The van der Waals surface area contributed by atoms with Crippen molar-refractivity contribution in [3.8, 4) is 0 Å². The summed E-state index contributed by atoms with van der Waals surface area (Å²) in [5.74, 6) is -1.00. The molecular weight excluding hydrogens is 499 g/mol. The second-order valence-electron chi connectivity index (χ2n) is 9.83. The van der Waals surface area contributed by atoms with E-state index in [1.54, 1.807) is 13.0 Å². The first-order valence-corrected chi connectivity index (χ1v) is 12.9. The molecule has 0 aromatic heterocycles. The summed E-state index contributed by atoms with van der Waals surface area (Å²) in [6, 6.07) is 12.2. The van der Waals surface area contributed by atoms with E-state index in [1.807, 2.05) is 12.1 Å². The Hall–Kier alpha value is -3.40. The molecular formula is C28H32F3N3O4. The minimum absolute atomic E-state index is 0.0213. The van der Waals surface area contributed by atoms with Crippen LogP contribution in [0.25, 0.3) is 0 Å². The summed E-state index contributed by atoms with van der Waals surface area (Å²) in [6.07, 6.45) is -0.444. The lowest BCUT2D eigenvalue weighted by atomic mass is 9.80. The zero-order valence-electron chi connectivity index (χ0n) is 21.2. The average molecular weight is 532 g/mol. The molecule has 0 radical (unpaired) electrons. The predicted octanol–water partition coefficient (Wildman–Crippen LogP) is 4.14. The fourth-order valence-corrected chi connectivity index (χ4v) is 5.19.